The third-order valence-corrected chi connectivity index (χ3v) is 3.99. The van der Waals surface area contributed by atoms with Gasteiger partial charge >= 0.3 is 0 Å². The zero-order valence-corrected chi connectivity index (χ0v) is 14.3. The van der Waals surface area contributed by atoms with E-state index >= 15 is 0 Å². The van der Waals surface area contributed by atoms with Crippen molar-refractivity contribution in [2.24, 2.45) is 5.73 Å². The maximum Gasteiger partial charge on any atom is 0.254 e. The summed E-state index contributed by atoms with van der Waals surface area (Å²) in [5, 5.41) is 0. The molecule has 3 rings (SSSR count). The van der Waals surface area contributed by atoms with Crippen LogP contribution in [-0.4, -0.2) is 48.6 Å². The fourth-order valence-corrected chi connectivity index (χ4v) is 2.68. The van der Waals surface area contributed by atoms with E-state index in [1.54, 1.807) is 12.3 Å². The predicted molar refractivity (Wildman–Crippen MR) is 96.4 cm³/mol. The van der Waals surface area contributed by atoms with Crippen LogP contribution in [-0.2, 0) is 11.2 Å². The minimum Gasteiger partial charge on any atom is -0.378 e. The maximum atomic E-state index is 12.6. The number of hydrogen-bond donors (Lipinski definition) is 1. The third-order valence-electron chi connectivity index (χ3n) is 3.99. The number of hydrogen-bond acceptors (Lipinski definition) is 4. The molecule has 1 aliphatic rings. The molecule has 1 saturated heterocycles. The summed E-state index contributed by atoms with van der Waals surface area (Å²) in [6, 6.07) is 11.8. The first kappa shape index (κ1) is 18.4. The van der Waals surface area contributed by atoms with Gasteiger partial charge in [-0.1, -0.05) is 24.3 Å². The molecule has 0 unspecified atom stereocenters. The van der Waals surface area contributed by atoms with Gasteiger partial charge in [0.05, 0.1) is 18.9 Å². The summed E-state index contributed by atoms with van der Waals surface area (Å²) < 4.78 is 5.29. The Labute approximate surface area is 148 Å². The summed E-state index contributed by atoms with van der Waals surface area (Å²) >= 11 is 0. The second kappa shape index (κ2) is 8.78. The largest absolute Gasteiger partial charge is 0.378 e. The first-order chi connectivity index (χ1) is 11.3. The number of rotatable bonds is 4. The normalized spacial score (nSPS) is 14.1. The van der Waals surface area contributed by atoms with Crippen LogP contribution in [0, 0.1) is 0 Å². The quantitative estimate of drug-likeness (QED) is 0.920. The highest BCUT2D eigenvalue weighted by Crippen LogP contribution is 2.19. The van der Waals surface area contributed by atoms with Crippen molar-refractivity contribution < 1.29 is 9.53 Å². The van der Waals surface area contributed by atoms with Crippen molar-refractivity contribution in [2.45, 2.75) is 6.42 Å². The molecule has 128 valence electrons. The van der Waals surface area contributed by atoms with E-state index in [0.717, 1.165) is 17.7 Å². The highest BCUT2D eigenvalue weighted by atomic mass is 35.5. The Hall–Kier alpha value is -1.95. The van der Waals surface area contributed by atoms with Gasteiger partial charge in [0.1, 0.15) is 0 Å². The Morgan fingerprint density at radius 2 is 1.88 bits per heavy atom. The number of aromatic nitrogens is 1. The molecule has 1 fully saturated rings. The van der Waals surface area contributed by atoms with Gasteiger partial charge in [0.2, 0.25) is 0 Å². The third kappa shape index (κ3) is 4.32. The van der Waals surface area contributed by atoms with Gasteiger partial charge in [0, 0.05) is 30.4 Å². The molecule has 6 heteroatoms. The summed E-state index contributed by atoms with van der Waals surface area (Å²) in [5.41, 5.74) is 9.26. The van der Waals surface area contributed by atoms with Gasteiger partial charge in [-0.05, 0) is 30.7 Å². The fraction of sp³-hybridized carbons (Fsp3) is 0.333. The Bertz CT molecular complexity index is 670. The zero-order valence-electron chi connectivity index (χ0n) is 13.5. The molecule has 1 aliphatic heterocycles. The number of ether oxygens (including phenoxy) is 1. The Morgan fingerprint density at radius 1 is 1.17 bits per heavy atom. The number of carbonyl (C=O) groups excluding carboxylic acids is 1. The highest BCUT2D eigenvalue weighted by Gasteiger charge is 2.19. The number of pyridine rings is 1. The van der Waals surface area contributed by atoms with Crippen molar-refractivity contribution in [1.82, 2.24) is 9.88 Å². The number of nitrogens with zero attached hydrogens (tertiary/aromatic N) is 2. The molecule has 0 spiro atoms. The van der Waals surface area contributed by atoms with Crippen LogP contribution < -0.4 is 5.73 Å². The number of morpholine rings is 1. The van der Waals surface area contributed by atoms with E-state index in [1.165, 1.54) is 5.56 Å². The lowest BCUT2D eigenvalue weighted by molar-refractivity contribution is 0.0303. The molecule has 1 amide bonds. The molecular weight excluding hydrogens is 326 g/mol. The molecule has 1 aromatic heterocycles. The molecule has 1 aromatic carbocycles. The molecule has 0 radical (unpaired) electrons. The molecule has 5 nitrogen and oxygen atoms in total. The predicted octanol–water partition coefficient (Wildman–Crippen LogP) is 2.14. The number of nitrogens with two attached hydrogens (primary N) is 1. The van der Waals surface area contributed by atoms with Crippen molar-refractivity contribution in [3.63, 3.8) is 0 Å². The smallest absolute Gasteiger partial charge is 0.254 e. The summed E-state index contributed by atoms with van der Waals surface area (Å²) in [4.78, 5) is 18.8. The van der Waals surface area contributed by atoms with Crippen LogP contribution in [0.3, 0.4) is 0 Å². The molecule has 2 heterocycles. The van der Waals surface area contributed by atoms with Crippen LogP contribution >= 0.6 is 12.4 Å². The number of halogens is 1. The Kier molecular flexibility index (Phi) is 6.73. The van der Waals surface area contributed by atoms with Crippen LogP contribution in [0.15, 0.2) is 42.6 Å². The summed E-state index contributed by atoms with van der Waals surface area (Å²) in [6.45, 7) is 3.13. The Balaban J connectivity index is 0.00000208. The van der Waals surface area contributed by atoms with Crippen LogP contribution in [0.2, 0.25) is 0 Å². The highest BCUT2D eigenvalue weighted by molar-refractivity contribution is 5.95. The van der Waals surface area contributed by atoms with Crippen molar-refractivity contribution in [1.29, 1.82) is 0 Å². The lowest BCUT2D eigenvalue weighted by atomic mass is 10.0. The van der Waals surface area contributed by atoms with E-state index in [-0.39, 0.29) is 18.3 Å². The monoisotopic (exact) mass is 347 g/mol. The second-order valence-electron chi connectivity index (χ2n) is 5.57. The molecular formula is C18H22ClN3O2. The molecule has 0 atom stereocenters. The van der Waals surface area contributed by atoms with Crippen molar-refractivity contribution in [3.8, 4) is 11.3 Å². The first-order valence-electron chi connectivity index (χ1n) is 7.90. The average molecular weight is 348 g/mol. The number of carbonyl (C=O) groups is 1. The summed E-state index contributed by atoms with van der Waals surface area (Å²) in [5.74, 6) is 0.0386. The van der Waals surface area contributed by atoms with Crippen molar-refractivity contribution in [2.75, 3.05) is 32.8 Å². The van der Waals surface area contributed by atoms with Gasteiger partial charge < -0.3 is 15.4 Å². The SMILES string of the molecule is Cl.NCCc1ccc(-c2cc(C(=O)N3CCOCC3)ccn2)cc1. The minimum atomic E-state index is 0. The Morgan fingerprint density at radius 3 is 2.54 bits per heavy atom. The molecule has 24 heavy (non-hydrogen) atoms. The first-order valence-corrected chi connectivity index (χ1v) is 7.90. The lowest BCUT2D eigenvalue weighted by Gasteiger charge is -2.26. The molecule has 2 aromatic rings. The van der Waals surface area contributed by atoms with E-state index in [2.05, 4.69) is 17.1 Å². The zero-order chi connectivity index (χ0) is 16.1. The lowest BCUT2D eigenvalue weighted by Crippen LogP contribution is -2.40. The molecule has 0 saturated carbocycles. The van der Waals surface area contributed by atoms with Gasteiger partial charge in [0.15, 0.2) is 0 Å². The maximum absolute atomic E-state index is 12.6. The summed E-state index contributed by atoms with van der Waals surface area (Å²) in [7, 11) is 0. The van der Waals surface area contributed by atoms with Gasteiger partial charge in [-0.25, -0.2) is 0 Å². The van der Waals surface area contributed by atoms with Gasteiger partial charge in [-0.15, -0.1) is 12.4 Å². The van der Waals surface area contributed by atoms with Crippen molar-refractivity contribution >= 4 is 18.3 Å². The van der Waals surface area contributed by atoms with E-state index in [1.807, 2.05) is 23.1 Å². The van der Waals surface area contributed by atoms with Gasteiger partial charge in [-0.2, -0.15) is 0 Å². The topological polar surface area (TPSA) is 68.5 Å². The summed E-state index contributed by atoms with van der Waals surface area (Å²) in [6.07, 6.45) is 2.56. The standard InChI is InChI=1S/C18H21N3O2.ClH/c19-7-5-14-1-3-15(4-2-14)17-13-16(6-8-20-17)18(22)21-9-11-23-12-10-21;/h1-4,6,8,13H,5,7,9-12,19H2;1H. The molecule has 0 bridgehead atoms. The average Bonchev–Trinajstić information content (AvgIpc) is 2.63. The van der Waals surface area contributed by atoms with Crippen LogP contribution in [0.25, 0.3) is 11.3 Å². The van der Waals surface area contributed by atoms with E-state index in [4.69, 9.17) is 10.5 Å². The fourth-order valence-electron chi connectivity index (χ4n) is 2.68. The number of benzene rings is 1. The number of amides is 1. The van der Waals surface area contributed by atoms with Crippen molar-refractivity contribution in [3.05, 3.63) is 53.7 Å². The van der Waals surface area contributed by atoms with Crippen LogP contribution in [0.5, 0.6) is 0 Å². The minimum absolute atomic E-state index is 0. The van der Waals surface area contributed by atoms with Gasteiger partial charge in [-0.3, -0.25) is 9.78 Å². The van der Waals surface area contributed by atoms with Crippen LogP contribution in [0.1, 0.15) is 15.9 Å². The second-order valence-corrected chi connectivity index (χ2v) is 5.57. The van der Waals surface area contributed by atoms with E-state index < -0.39 is 0 Å². The van der Waals surface area contributed by atoms with E-state index in [9.17, 15) is 4.79 Å². The van der Waals surface area contributed by atoms with Crippen LogP contribution in [0.4, 0.5) is 0 Å². The van der Waals surface area contributed by atoms with Gasteiger partial charge in [0.25, 0.3) is 5.91 Å². The molecule has 0 aliphatic carbocycles. The molecule has 2 N–H and O–H groups in total. The van der Waals surface area contributed by atoms with E-state index in [0.29, 0.717) is 38.4 Å².